The second kappa shape index (κ2) is 3.34. The number of aldehydes is 1. The maximum atomic E-state index is 10.1. The molecular weight excluding hydrogens is 152 g/mol. The van der Waals surface area contributed by atoms with Gasteiger partial charge in [0.15, 0.2) is 0 Å². The molecule has 0 N–H and O–H groups in total. The smallest absolute Gasteiger partial charge is 0.142 e. The van der Waals surface area contributed by atoms with Crippen LogP contribution in [0, 0.1) is 13.8 Å². The van der Waals surface area contributed by atoms with Crippen LogP contribution < -0.4 is 0 Å². The molecule has 64 valence electrons. The van der Waals surface area contributed by atoms with E-state index in [-0.39, 0.29) is 0 Å². The van der Waals surface area contributed by atoms with E-state index < -0.39 is 0 Å². The fourth-order valence-corrected chi connectivity index (χ4v) is 1.17. The van der Waals surface area contributed by atoms with Crippen molar-refractivity contribution < 1.29 is 4.79 Å². The summed E-state index contributed by atoms with van der Waals surface area (Å²) < 4.78 is 1.81. The minimum Gasteiger partial charge on any atom is -0.299 e. The zero-order valence-corrected chi connectivity index (χ0v) is 7.53. The first-order valence-electron chi connectivity index (χ1n) is 3.79. The van der Waals surface area contributed by atoms with Crippen molar-refractivity contribution in [2.45, 2.75) is 13.8 Å². The summed E-state index contributed by atoms with van der Waals surface area (Å²) in [4.78, 5) is 10.1. The number of aromatic nitrogens is 2. The Kier molecular flexibility index (Phi) is 2.43. The second-order valence-electron chi connectivity index (χ2n) is 2.70. The Morgan fingerprint density at radius 1 is 1.42 bits per heavy atom. The van der Waals surface area contributed by atoms with Gasteiger partial charge in [0.05, 0.1) is 5.69 Å². The van der Waals surface area contributed by atoms with Gasteiger partial charge in [0.1, 0.15) is 6.29 Å². The first-order valence-corrected chi connectivity index (χ1v) is 3.79. The highest BCUT2D eigenvalue weighted by molar-refractivity contribution is 5.74. The monoisotopic (exact) mass is 164 g/mol. The highest BCUT2D eigenvalue weighted by atomic mass is 16.1. The summed E-state index contributed by atoms with van der Waals surface area (Å²) in [6.07, 6.45) is 4.04. The van der Waals surface area contributed by atoms with Crippen molar-refractivity contribution in [3.05, 3.63) is 23.0 Å². The Balaban J connectivity index is 3.13. The van der Waals surface area contributed by atoms with E-state index in [1.807, 2.05) is 20.9 Å². The largest absolute Gasteiger partial charge is 0.299 e. The van der Waals surface area contributed by atoms with Crippen molar-refractivity contribution in [2.75, 3.05) is 0 Å². The summed E-state index contributed by atoms with van der Waals surface area (Å²) in [7, 11) is 1.89. The van der Waals surface area contributed by atoms with Crippen LogP contribution in [0.15, 0.2) is 6.08 Å². The molecular formula is C9H12N2O. The lowest BCUT2D eigenvalue weighted by atomic mass is 10.2. The molecule has 0 unspecified atom stereocenters. The van der Waals surface area contributed by atoms with E-state index in [4.69, 9.17) is 0 Å². The zero-order valence-electron chi connectivity index (χ0n) is 7.53. The minimum absolute atomic E-state index is 0.770. The third kappa shape index (κ3) is 1.44. The second-order valence-corrected chi connectivity index (χ2v) is 2.70. The maximum absolute atomic E-state index is 10.1. The molecule has 0 radical (unpaired) electrons. The summed E-state index contributed by atoms with van der Waals surface area (Å²) in [6, 6.07) is 0. The number of nitrogens with zero attached hydrogens (tertiary/aromatic N) is 2. The third-order valence-corrected chi connectivity index (χ3v) is 1.91. The van der Waals surface area contributed by atoms with Crippen LogP contribution >= 0.6 is 0 Å². The fourth-order valence-electron chi connectivity index (χ4n) is 1.17. The van der Waals surface area contributed by atoms with E-state index in [0.29, 0.717) is 0 Å². The first-order chi connectivity index (χ1) is 5.66. The van der Waals surface area contributed by atoms with Crippen molar-refractivity contribution in [3.8, 4) is 0 Å². The maximum Gasteiger partial charge on any atom is 0.142 e. The van der Waals surface area contributed by atoms with E-state index in [1.54, 1.807) is 10.8 Å². The molecule has 12 heavy (non-hydrogen) atoms. The molecule has 1 rings (SSSR count). The summed E-state index contributed by atoms with van der Waals surface area (Å²) in [5.41, 5.74) is 3.06. The normalized spacial score (nSPS) is 10.9. The number of hydrogen-bond donors (Lipinski definition) is 0. The van der Waals surface area contributed by atoms with Crippen LogP contribution in [0.2, 0.25) is 0 Å². The van der Waals surface area contributed by atoms with Crippen LogP contribution in [0.5, 0.6) is 0 Å². The molecule has 0 aliphatic heterocycles. The molecule has 1 heterocycles. The van der Waals surface area contributed by atoms with Crippen molar-refractivity contribution >= 4 is 12.4 Å². The number of rotatable bonds is 2. The van der Waals surface area contributed by atoms with E-state index in [2.05, 4.69) is 5.10 Å². The topological polar surface area (TPSA) is 34.9 Å². The van der Waals surface area contributed by atoms with Crippen LogP contribution in [0.4, 0.5) is 0 Å². The van der Waals surface area contributed by atoms with Gasteiger partial charge in [-0.15, -0.1) is 0 Å². The number of carbonyl (C=O) groups excluding carboxylic acids is 1. The molecule has 0 saturated heterocycles. The Hall–Kier alpha value is -1.38. The number of allylic oxidation sites excluding steroid dienone is 1. The lowest BCUT2D eigenvalue weighted by Crippen LogP contribution is -1.92. The van der Waals surface area contributed by atoms with E-state index in [1.165, 1.54) is 6.08 Å². The van der Waals surface area contributed by atoms with Crippen molar-refractivity contribution in [3.63, 3.8) is 0 Å². The van der Waals surface area contributed by atoms with Crippen LogP contribution in [0.1, 0.15) is 17.0 Å². The minimum atomic E-state index is 0.770. The van der Waals surface area contributed by atoms with E-state index in [0.717, 1.165) is 23.2 Å². The van der Waals surface area contributed by atoms with Gasteiger partial charge in [0, 0.05) is 18.3 Å². The van der Waals surface area contributed by atoms with Gasteiger partial charge in [-0.05, 0) is 26.0 Å². The van der Waals surface area contributed by atoms with Crippen LogP contribution in [-0.2, 0) is 11.8 Å². The molecule has 0 bridgehead atoms. The van der Waals surface area contributed by atoms with Gasteiger partial charge in [-0.3, -0.25) is 9.48 Å². The molecule has 0 aliphatic rings. The Morgan fingerprint density at radius 2 is 2.08 bits per heavy atom. The standard InChI is InChI=1S/C9H12N2O/c1-7-9(5-4-6-12)8(2)11(3)10-7/h4-6H,1-3H3/b5-4+. The molecule has 0 atom stereocenters. The van der Waals surface area contributed by atoms with Crippen molar-refractivity contribution in [2.24, 2.45) is 7.05 Å². The predicted molar refractivity (Wildman–Crippen MR) is 47.8 cm³/mol. The number of aryl methyl sites for hydroxylation is 2. The molecule has 0 aliphatic carbocycles. The summed E-state index contributed by atoms with van der Waals surface area (Å²) in [6.45, 7) is 3.90. The Labute approximate surface area is 71.7 Å². The predicted octanol–water partition coefficient (Wildman–Crippen LogP) is 1.25. The average molecular weight is 164 g/mol. The van der Waals surface area contributed by atoms with E-state index >= 15 is 0 Å². The van der Waals surface area contributed by atoms with Crippen LogP contribution in [0.25, 0.3) is 6.08 Å². The molecule has 0 fully saturated rings. The van der Waals surface area contributed by atoms with E-state index in [9.17, 15) is 4.79 Å². The highest BCUT2D eigenvalue weighted by Crippen LogP contribution is 2.12. The van der Waals surface area contributed by atoms with Crippen LogP contribution in [-0.4, -0.2) is 16.1 Å². The molecule has 1 aromatic heterocycles. The average Bonchev–Trinajstić information content (AvgIpc) is 2.25. The van der Waals surface area contributed by atoms with Gasteiger partial charge in [0.2, 0.25) is 0 Å². The molecule has 3 heteroatoms. The highest BCUT2D eigenvalue weighted by Gasteiger charge is 2.04. The van der Waals surface area contributed by atoms with Gasteiger partial charge in [0.25, 0.3) is 0 Å². The Bertz CT molecular complexity index is 324. The quantitative estimate of drug-likeness (QED) is 0.487. The van der Waals surface area contributed by atoms with Gasteiger partial charge in [-0.1, -0.05) is 0 Å². The molecule has 3 nitrogen and oxygen atoms in total. The molecule has 0 amide bonds. The van der Waals surface area contributed by atoms with Crippen molar-refractivity contribution in [1.82, 2.24) is 9.78 Å². The van der Waals surface area contributed by atoms with Crippen molar-refractivity contribution in [1.29, 1.82) is 0 Å². The van der Waals surface area contributed by atoms with Crippen LogP contribution in [0.3, 0.4) is 0 Å². The molecule has 1 aromatic rings. The molecule has 0 aromatic carbocycles. The SMILES string of the molecule is Cc1nn(C)c(C)c1/C=C/C=O. The third-order valence-electron chi connectivity index (χ3n) is 1.91. The zero-order chi connectivity index (χ0) is 9.14. The first kappa shape index (κ1) is 8.71. The Morgan fingerprint density at radius 3 is 2.50 bits per heavy atom. The van der Waals surface area contributed by atoms with Gasteiger partial charge in [-0.25, -0.2) is 0 Å². The van der Waals surface area contributed by atoms with Gasteiger partial charge in [-0.2, -0.15) is 5.10 Å². The lowest BCUT2D eigenvalue weighted by molar-refractivity contribution is -0.104. The number of carbonyl (C=O) groups is 1. The van der Waals surface area contributed by atoms with Gasteiger partial charge < -0.3 is 0 Å². The lowest BCUT2D eigenvalue weighted by Gasteiger charge is -1.92. The summed E-state index contributed by atoms with van der Waals surface area (Å²) in [5.74, 6) is 0. The molecule has 0 saturated carbocycles. The summed E-state index contributed by atoms with van der Waals surface area (Å²) in [5, 5.41) is 4.21. The number of hydrogen-bond acceptors (Lipinski definition) is 2. The molecule has 0 spiro atoms. The van der Waals surface area contributed by atoms with Gasteiger partial charge >= 0.3 is 0 Å². The fraction of sp³-hybridized carbons (Fsp3) is 0.333. The summed E-state index contributed by atoms with van der Waals surface area (Å²) >= 11 is 0.